The van der Waals surface area contributed by atoms with Gasteiger partial charge in [0.25, 0.3) is 0 Å². The van der Waals surface area contributed by atoms with E-state index in [2.05, 4.69) is 14.9 Å². The highest BCUT2D eigenvalue weighted by molar-refractivity contribution is 5.64. The van der Waals surface area contributed by atoms with Crippen molar-refractivity contribution in [1.82, 2.24) is 9.97 Å². The summed E-state index contributed by atoms with van der Waals surface area (Å²) < 4.78 is 13.7. The van der Waals surface area contributed by atoms with Crippen molar-refractivity contribution in [1.29, 1.82) is 0 Å². The highest BCUT2D eigenvalue weighted by Gasteiger charge is 2.27. The Bertz CT molecular complexity index is 732. The number of nitro benzene ring substituents is 1. The highest BCUT2D eigenvalue weighted by atomic mass is 19.1. The Hall–Kier alpha value is -2.77. The van der Waals surface area contributed by atoms with E-state index in [-0.39, 0.29) is 0 Å². The topological polar surface area (TPSA) is 75.4 Å². The molecule has 120 valence electrons. The van der Waals surface area contributed by atoms with Crippen LogP contribution in [0.3, 0.4) is 0 Å². The summed E-state index contributed by atoms with van der Waals surface area (Å²) in [6.07, 6.45) is 1.71. The molecule has 0 spiro atoms. The normalized spacial score (nSPS) is 14.9. The van der Waals surface area contributed by atoms with Gasteiger partial charge >= 0.3 is 5.69 Å². The molecule has 1 saturated heterocycles. The number of aromatic nitrogens is 2. The number of para-hydroxylation sites is 1. The van der Waals surface area contributed by atoms with Crippen LogP contribution in [0, 0.1) is 22.9 Å². The SMILES string of the molecule is Cc1nccc(N2CCN(c3cccc(F)c3[N+](=O)[O-])CC2)n1. The van der Waals surface area contributed by atoms with E-state index in [9.17, 15) is 14.5 Å². The van der Waals surface area contributed by atoms with Gasteiger partial charge in [0.1, 0.15) is 17.3 Å². The zero-order valence-corrected chi connectivity index (χ0v) is 12.6. The van der Waals surface area contributed by atoms with Gasteiger partial charge in [-0.3, -0.25) is 10.1 Å². The Morgan fingerprint density at radius 2 is 1.87 bits per heavy atom. The summed E-state index contributed by atoms with van der Waals surface area (Å²) in [6.45, 7) is 4.27. The number of aryl methyl sites for hydroxylation is 1. The van der Waals surface area contributed by atoms with Crippen molar-refractivity contribution in [2.45, 2.75) is 6.92 Å². The molecule has 1 aliphatic heterocycles. The van der Waals surface area contributed by atoms with E-state index >= 15 is 0 Å². The van der Waals surface area contributed by atoms with Crippen LogP contribution >= 0.6 is 0 Å². The lowest BCUT2D eigenvalue weighted by atomic mass is 10.2. The van der Waals surface area contributed by atoms with Crippen LogP contribution in [0.1, 0.15) is 5.82 Å². The van der Waals surface area contributed by atoms with Crippen LogP contribution in [0.5, 0.6) is 0 Å². The molecule has 8 heteroatoms. The average molecular weight is 317 g/mol. The summed E-state index contributed by atoms with van der Waals surface area (Å²) in [5, 5.41) is 11.1. The van der Waals surface area contributed by atoms with E-state index in [0.717, 1.165) is 11.9 Å². The molecule has 23 heavy (non-hydrogen) atoms. The van der Waals surface area contributed by atoms with E-state index in [1.165, 1.54) is 6.07 Å². The molecule has 2 aromatic rings. The molecule has 1 aromatic heterocycles. The van der Waals surface area contributed by atoms with Crippen LogP contribution < -0.4 is 9.80 Å². The summed E-state index contributed by atoms with van der Waals surface area (Å²) in [5.41, 5.74) is -0.132. The van der Waals surface area contributed by atoms with Gasteiger partial charge in [0, 0.05) is 32.4 Å². The van der Waals surface area contributed by atoms with Crippen molar-refractivity contribution in [3.63, 3.8) is 0 Å². The third kappa shape index (κ3) is 3.05. The smallest absolute Gasteiger partial charge is 0.327 e. The number of hydrogen-bond donors (Lipinski definition) is 0. The van der Waals surface area contributed by atoms with Crippen LogP contribution in [0.15, 0.2) is 30.5 Å². The summed E-state index contributed by atoms with van der Waals surface area (Å²) in [4.78, 5) is 22.8. The standard InChI is InChI=1S/C15H16FN5O2/c1-11-17-6-5-14(18-11)20-9-7-19(8-10-20)13-4-2-3-12(16)15(13)21(22)23/h2-6H,7-10H2,1H3. The van der Waals surface area contributed by atoms with Crippen molar-refractivity contribution < 1.29 is 9.31 Å². The minimum atomic E-state index is -0.804. The van der Waals surface area contributed by atoms with Crippen molar-refractivity contribution in [2.24, 2.45) is 0 Å². The second kappa shape index (κ2) is 6.15. The van der Waals surface area contributed by atoms with Gasteiger partial charge in [-0.25, -0.2) is 9.97 Å². The zero-order chi connectivity index (χ0) is 16.4. The summed E-state index contributed by atoms with van der Waals surface area (Å²) in [7, 11) is 0. The molecule has 0 radical (unpaired) electrons. The lowest BCUT2D eigenvalue weighted by Crippen LogP contribution is -2.47. The third-order valence-electron chi connectivity index (χ3n) is 3.85. The van der Waals surface area contributed by atoms with Gasteiger partial charge in [0.2, 0.25) is 5.82 Å². The van der Waals surface area contributed by atoms with Crippen LogP contribution in [0.25, 0.3) is 0 Å². The fraction of sp³-hybridized carbons (Fsp3) is 0.333. The molecule has 1 aromatic carbocycles. The summed E-state index contributed by atoms with van der Waals surface area (Å²) >= 11 is 0. The number of nitrogens with zero attached hydrogens (tertiary/aromatic N) is 5. The molecule has 2 heterocycles. The molecule has 1 fully saturated rings. The summed E-state index contributed by atoms with van der Waals surface area (Å²) in [6, 6.07) is 6.04. The second-order valence-electron chi connectivity index (χ2n) is 5.30. The van der Waals surface area contributed by atoms with Gasteiger partial charge in [-0.05, 0) is 25.1 Å². The zero-order valence-electron chi connectivity index (χ0n) is 12.6. The molecule has 0 unspecified atom stereocenters. The number of hydrogen-bond acceptors (Lipinski definition) is 6. The second-order valence-corrected chi connectivity index (χ2v) is 5.30. The molecule has 0 bridgehead atoms. The molecule has 1 aliphatic rings. The Balaban J connectivity index is 1.77. The molecule has 0 atom stereocenters. The van der Waals surface area contributed by atoms with Gasteiger partial charge in [-0.1, -0.05) is 6.07 Å². The first-order valence-corrected chi connectivity index (χ1v) is 7.28. The number of rotatable bonds is 3. The van der Waals surface area contributed by atoms with Crippen LogP contribution in [-0.2, 0) is 0 Å². The largest absolute Gasteiger partial charge is 0.362 e. The Morgan fingerprint density at radius 3 is 2.52 bits per heavy atom. The molecule has 0 aliphatic carbocycles. The first-order chi connectivity index (χ1) is 11.1. The number of anilines is 2. The van der Waals surface area contributed by atoms with E-state index < -0.39 is 16.4 Å². The maximum Gasteiger partial charge on any atom is 0.327 e. The molecule has 0 amide bonds. The van der Waals surface area contributed by atoms with Gasteiger partial charge in [-0.15, -0.1) is 0 Å². The first-order valence-electron chi connectivity index (χ1n) is 7.28. The average Bonchev–Trinajstić information content (AvgIpc) is 2.54. The van der Waals surface area contributed by atoms with Crippen LogP contribution in [-0.4, -0.2) is 41.1 Å². The van der Waals surface area contributed by atoms with Crippen LogP contribution in [0.2, 0.25) is 0 Å². The fourth-order valence-corrected chi connectivity index (χ4v) is 2.74. The Morgan fingerprint density at radius 1 is 1.17 bits per heavy atom. The minimum Gasteiger partial charge on any atom is -0.362 e. The molecular formula is C15H16FN5O2. The number of nitro groups is 1. The molecule has 0 saturated carbocycles. The van der Waals surface area contributed by atoms with E-state index in [1.54, 1.807) is 12.3 Å². The Labute approximate surface area is 132 Å². The van der Waals surface area contributed by atoms with Gasteiger partial charge in [0.05, 0.1) is 4.92 Å². The molecular weight excluding hydrogens is 301 g/mol. The lowest BCUT2D eigenvalue weighted by molar-refractivity contribution is -0.386. The Kier molecular flexibility index (Phi) is 4.05. The van der Waals surface area contributed by atoms with Crippen LogP contribution in [0.4, 0.5) is 21.6 Å². The lowest BCUT2D eigenvalue weighted by Gasteiger charge is -2.36. The van der Waals surface area contributed by atoms with Gasteiger partial charge in [-0.2, -0.15) is 4.39 Å². The van der Waals surface area contributed by atoms with E-state index in [0.29, 0.717) is 37.7 Å². The summed E-state index contributed by atoms with van der Waals surface area (Å²) in [5.74, 6) is 0.734. The third-order valence-corrected chi connectivity index (χ3v) is 3.85. The maximum absolute atomic E-state index is 13.7. The van der Waals surface area contributed by atoms with E-state index in [4.69, 9.17) is 0 Å². The molecule has 7 nitrogen and oxygen atoms in total. The van der Waals surface area contributed by atoms with Crippen molar-refractivity contribution in [3.05, 3.63) is 52.2 Å². The van der Waals surface area contributed by atoms with Crippen molar-refractivity contribution in [2.75, 3.05) is 36.0 Å². The molecule has 0 N–H and O–H groups in total. The monoisotopic (exact) mass is 317 g/mol. The van der Waals surface area contributed by atoms with Crippen molar-refractivity contribution >= 4 is 17.2 Å². The highest BCUT2D eigenvalue weighted by Crippen LogP contribution is 2.31. The predicted octanol–water partition coefficient (Wildman–Crippen LogP) is 2.16. The minimum absolute atomic E-state index is 0.327. The number of halogens is 1. The number of piperazine rings is 1. The number of benzene rings is 1. The fourth-order valence-electron chi connectivity index (χ4n) is 2.74. The molecule has 3 rings (SSSR count). The first kappa shape index (κ1) is 15.1. The quantitative estimate of drug-likeness (QED) is 0.638. The van der Waals surface area contributed by atoms with E-state index in [1.807, 2.05) is 17.9 Å². The maximum atomic E-state index is 13.7. The van der Waals surface area contributed by atoms with Crippen molar-refractivity contribution in [3.8, 4) is 0 Å². The van der Waals surface area contributed by atoms with Gasteiger partial charge in [0.15, 0.2) is 0 Å². The predicted molar refractivity (Wildman–Crippen MR) is 84.2 cm³/mol. The van der Waals surface area contributed by atoms with Gasteiger partial charge < -0.3 is 9.80 Å².